The minimum atomic E-state index is 0.516. The number of benzene rings is 15. The molecule has 0 fully saturated rings. The lowest BCUT2D eigenvalue weighted by Crippen LogP contribution is -2.01. The lowest BCUT2D eigenvalue weighted by Gasteiger charge is -2.14. The highest BCUT2D eigenvalue weighted by Crippen LogP contribution is 2.44. The van der Waals surface area contributed by atoms with Crippen LogP contribution in [0.2, 0.25) is 0 Å². The molecule has 0 atom stereocenters. The molecule has 16 heteroatoms. The van der Waals surface area contributed by atoms with Gasteiger partial charge >= 0.3 is 0 Å². The van der Waals surface area contributed by atoms with Crippen LogP contribution in [-0.2, 0) is 0 Å². The Morgan fingerprint density at radius 3 is 0.673 bits per heavy atom. The fourth-order valence-electron chi connectivity index (χ4n) is 19.2. The van der Waals surface area contributed by atoms with Gasteiger partial charge in [0.15, 0.2) is 29.1 Å². The predicted octanol–water partition coefficient (Wildman–Crippen LogP) is 32.3. The van der Waals surface area contributed by atoms with E-state index >= 15 is 0 Å². The molecule has 15 aromatic carbocycles. The average molecular weight is 1920 g/mol. The predicted molar refractivity (Wildman–Crippen MR) is 607 cm³/mol. The molecule has 0 spiro atoms. The fourth-order valence-corrected chi connectivity index (χ4v) is 19.2. The summed E-state index contributed by atoms with van der Waals surface area (Å²) in [6.07, 6.45) is 5.31. The van der Waals surface area contributed by atoms with Gasteiger partial charge in [-0.1, -0.05) is 400 Å². The van der Waals surface area contributed by atoms with Crippen molar-refractivity contribution >= 4 is 65.4 Å². The van der Waals surface area contributed by atoms with E-state index in [4.69, 9.17) is 64.8 Å². The molecule has 0 unspecified atom stereocenters. The van der Waals surface area contributed by atoms with Crippen molar-refractivity contribution in [1.82, 2.24) is 79.7 Å². The van der Waals surface area contributed by atoms with Crippen LogP contribution in [0.15, 0.2) is 522 Å². The molecule has 150 heavy (non-hydrogen) atoms. The molecule has 0 saturated carbocycles. The van der Waals surface area contributed by atoms with Gasteiger partial charge in [0.2, 0.25) is 0 Å². The Hall–Kier alpha value is -20.6. The van der Waals surface area contributed by atoms with E-state index in [1.807, 2.05) is 224 Å². The number of nitrogens with zero attached hydrogens (tertiary/aromatic N) is 16. The Balaban J connectivity index is 0.000000116. The second kappa shape index (κ2) is 41.0. The van der Waals surface area contributed by atoms with Gasteiger partial charge in [-0.2, -0.15) is 0 Å². The van der Waals surface area contributed by atoms with Crippen LogP contribution in [0.4, 0.5) is 0 Å². The standard InChI is InChI=1S/2C45H29N5.C44H28N6/c1-4-13-30(14-5-1)37-28-40(48-44-36(37)24-22-33-23-25-38(47-43(33)44)31-15-6-2-7-16-31)34-19-12-20-35(27-34)45-49-41(32-17-8-3-9-18-32)29-42(50-45)39-21-10-11-26-46-39;1-4-13-30(14-5-1)37-28-40(48-44-36(37)24-22-33-23-25-38(47-43(33)44)31-15-6-2-7-16-31)34-19-12-20-35(27-34)42-29-41(32-17-8-3-9-18-32)49-45(50-42)39-21-10-11-26-46-39;1-4-13-29(14-5-1)36-28-39(47-41-35(36)24-22-31-23-25-37(46-40(31)41)30-15-6-2-7-16-30)33-19-12-20-34(27-33)43-48-42(32-17-8-3-9-18-32)49-44(50-43)38-21-10-11-26-45-38/h2*1-29H;1-28H. The van der Waals surface area contributed by atoms with E-state index in [9.17, 15) is 0 Å². The summed E-state index contributed by atoms with van der Waals surface area (Å²) in [6, 6.07) is 171. The molecule has 0 amide bonds. The summed E-state index contributed by atoms with van der Waals surface area (Å²) in [5.74, 6) is 2.86. The topological polar surface area (TPSA) is 206 Å². The van der Waals surface area contributed by atoms with Crippen LogP contribution in [0, 0.1) is 0 Å². The van der Waals surface area contributed by atoms with Gasteiger partial charge in [-0.25, -0.2) is 64.8 Å². The van der Waals surface area contributed by atoms with Gasteiger partial charge < -0.3 is 0 Å². The lowest BCUT2D eigenvalue weighted by molar-refractivity contribution is 1.06. The molecule has 0 saturated heterocycles. The number of hydrogen-bond donors (Lipinski definition) is 0. The highest BCUT2D eigenvalue weighted by atomic mass is 15.0. The normalized spacial score (nSPS) is 11.2. The maximum atomic E-state index is 5.35. The molecule has 27 rings (SSSR count). The van der Waals surface area contributed by atoms with Crippen molar-refractivity contribution in [1.29, 1.82) is 0 Å². The third kappa shape index (κ3) is 19.0. The molecule has 0 radical (unpaired) electrons. The van der Waals surface area contributed by atoms with E-state index in [1.165, 1.54) is 0 Å². The molecule has 702 valence electrons. The van der Waals surface area contributed by atoms with Gasteiger partial charge in [0, 0.05) is 118 Å². The van der Waals surface area contributed by atoms with E-state index in [-0.39, 0.29) is 0 Å². The maximum absolute atomic E-state index is 5.35. The van der Waals surface area contributed by atoms with Gasteiger partial charge in [-0.05, 0) is 137 Å². The molecule has 0 aliphatic carbocycles. The molecule has 16 nitrogen and oxygen atoms in total. The Morgan fingerprint density at radius 1 is 0.107 bits per heavy atom. The van der Waals surface area contributed by atoms with Crippen molar-refractivity contribution < 1.29 is 0 Å². The molecular weight excluding hydrogens is 1830 g/mol. The zero-order chi connectivity index (χ0) is 99.8. The van der Waals surface area contributed by atoms with Crippen molar-refractivity contribution in [2.24, 2.45) is 0 Å². The third-order valence-electron chi connectivity index (χ3n) is 26.6. The highest BCUT2D eigenvalue weighted by molar-refractivity contribution is 6.13. The van der Waals surface area contributed by atoms with Crippen molar-refractivity contribution in [3.05, 3.63) is 522 Å². The minimum absolute atomic E-state index is 0.516. The summed E-state index contributed by atoms with van der Waals surface area (Å²) >= 11 is 0. The van der Waals surface area contributed by atoms with Crippen molar-refractivity contribution in [3.8, 4) is 203 Å². The Kier molecular flexibility index (Phi) is 24.8. The monoisotopic (exact) mass is 1920 g/mol. The minimum Gasteiger partial charge on any atom is -0.255 e. The number of aromatic nitrogens is 16. The second-order valence-electron chi connectivity index (χ2n) is 36.3. The molecular formula is C134H86N16. The first-order valence-electron chi connectivity index (χ1n) is 49.6. The number of hydrogen-bond acceptors (Lipinski definition) is 16. The van der Waals surface area contributed by atoms with Crippen LogP contribution in [0.5, 0.6) is 0 Å². The smallest absolute Gasteiger partial charge is 0.182 e. The van der Waals surface area contributed by atoms with Gasteiger partial charge in [0.05, 0.1) is 95.7 Å². The van der Waals surface area contributed by atoms with Gasteiger partial charge in [-0.3, -0.25) is 15.0 Å². The zero-order valence-corrected chi connectivity index (χ0v) is 80.8. The SMILES string of the molecule is c1ccc(-c2cc(-c3cccc(-c4cc(-c5ccccc5)c5ccc6ccc(-c7ccccc7)nc6c5n4)c3)nc(-c3ccccn3)n2)cc1.c1ccc(-c2cc(-c3ccccn3)nc(-c3cccc(-c4cc(-c5ccccc5)c5ccc6ccc(-c7ccccc7)nc6c5n4)c3)n2)cc1.c1ccc(-c2ccc3ccc4c(-c5ccccc5)cc(-c5cccc(-c6nc(-c7ccccc7)nc(-c7ccccn7)n6)c5)nc4c3n2)cc1. The van der Waals surface area contributed by atoms with E-state index in [2.05, 4.69) is 294 Å². The van der Waals surface area contributed by atoms with Crippen molar-refractivity contribution in [2.75, 3.05) is 0 Å². The van der Waals surface area contributed by atoms with E-state index in [1.54, 1.807) is 18.6 Å². The first-order chi connectivity index (χ1) is 74.3. The summed E-state index contributed by atoms with van der Waals surface area (Å²) in [5, 5.41) is 6.29. The first-order valence-corrected chi connectivity index (χ1v) is 49.6. The molecule has 0 aliphatic heterocycles. The van der Waals surface area contributed by atoms with Crippen molar-refractivity contribution in [2.45, 2.75) is 0 Å². The average Bonchev–Trinajstić information content (AvgIpc) is 0.753. The van der Waals surface area contributed by atoms with E-state index < -0.39 is 0 Å². The summed E-state index contributed by atoms with van der Waals surface area (Å²) in [7, 11) is 0. The number of fused-ring (bicyclic) bond motifs is 9. The molecule has 0 N–H and O–H groups in total. The van der Waals surface area contributed by atoms with Crippen LogP contribution in [0.1, 0.15) is 0 Å². The zero-order valence-electron chi connectivity index (χ0n) is 80.8. The van der Waals surface area contributed by atoms with Crippen LogP contribution in [0.3, 0.4) is 0 Å². The van der Waals surface area contributed by atoms with E-state index in [0.717, 1.165) is 234 Å². The van der Waals surface area contributed by atoms with Crippen LogP contribution in [-0.4, -0.2) is 79.7 Å². The van der Waals surface area contributed by atoms with Gasteiger partial charge in [-0.15, -0.1) is 0 Å². The van der Waals surface area contributed by atoms with Crippen molar-refractivity contribution in [3.63, 3.8) is 0 Å². The van der Waals surface area contributed by atoms with Gasteiger partial charge in [0.1, 0.15) is 11.4 Å². The maximum Gasteiger partial charge on any atom is 0.182 e. The van der Waals surface area contributed by atoms with Crippen LogP contribution >= 0.6 is 0 Å². The van der Waals surface area contributed by atoms with E-state index in [0.29, 0.717) is 34.8 Å². The lowest BCUT2D eigenvalue weighted by atomic mass is 9.96. The fraction of sp³-hybridized carbons (Fsp3) is 0. The van der Waals surface area contributed by atoms with Gasteiger partial charge in [0.25, 0.3) is 0 Å². The second-order valence-corrected chi connectivity index (χ2v) is 36.3. The van der Waals surface area contributed by atoms with Crippen LogP contribution < -0.4 is 0 Å². The summed E-state index contributed by atoms with van der Waals surface area (Å²) in [5.41, 5.74) is 34.3. The third-order valence-corrected chi connectivity index (χ3v) is 26.6. The molecule has 12 aromatic heterocycles. The first kappa shape index (κ1) is 90.6. The molecule has 12 heterocycles. The summed E-state index contributed by atoms with van der Waals surface area (Å²) in [6.45, 7) is 0. The quantitative estimate of drug-likeness (QED) is 0.0732. The molecule has 27 aromatic rings. The highest BCUT2D eigenvalue weighted by Gasteiger charge is 2.24. The molecule has 0 bridgehead atoms. The Labute approximate surface area is 864 Å². The Bertz CT molecular complexity index is 8590. The molecule has 0 aliphatic rings. The Morgan fingerprint density at radius 2 is 0.333 bits per heavy atom. The summed E-state index contributed by atoms with van der Waals surface area (Å²) < 4.78 is 0. The number of pyridine rings is 9. The summed E-state index contributed by atoms with van der Waals surface area (Å²) in [4.78, 5) is 80.0. The number of rotatable bonds is 18. The van der Waals surface area contributed by atoms with Crippen LogP contribution in [0.25, 0.3) is 269 Å². The largest absolute Gasteiger partial charge is 0.255 e.